The molecule has 1 fully saturated rings. The molecule has 0 radical (unpaired) electrons. The molecule has 150 valence electrons. The minimum atomic E-state index is -3.50. The normalized spacial score (nSPS) is 14.9. The van der Waals surface area contributed by atoms with E-state index in [1.54, 1.807) is 26.0 Å². The van der Waals surface area contributed by atoms with Crippen LogP contribution >= 0.6 is 0 Å². The molecular weight excluding hydrogens is 368 g/mol. The van der Waals surface area contributed by atoms with Crippen LogP contribution in [0.25, 0.3) is 0 Å². The van der Waals surface area contributed by atoms with Gasteiger partial charge in [-0.05, 0) is 37.1 Å². The van der Waals surface area contributed by atoms with Crippen molar-refractivity contribution in [2.45, 2.75) is 50.5 Å². The minimum absolute atomic E-state index is 0.0831. The van der Waals surface area contributed by atoms with Crippen LogP contribution in [0.4, 0.5) is 10.5 Å². The molecule has 0 atom stereocenters. The highest BCUT2D eigenvalue weighted by atomic mass is 32.2. The zero-order valence-electron chi connectivity index (χ0n) is 15.8. The van der Waals surface area contributed by atoms with Crippen LogP contribution in [0.2, 0.25) is 0 Å². The molecule has 9 heteroatoms. The Kier molecular flexibility index (Phi) is 7.61. The van der Waals surface area contributed by atoms with Gasteiger partial charge in [-0.2, -0.15) is 4.31 Å². The molecule has 3 amide bonds. The van der Waals surface area contributed by atoms with Crippen LogP contribution in [0, 0.1) is 0 Å². The molecule has 0 saturated heterocycles. The van der Waals surface area contributed by atoms with Gasteiger partial charge in [-0.15, -0.1) is 0 Å². The Morgan fingerprint density at radius 3 is 2.22 bits per heavy atom. The van der Waals surface area contributed by atoms with E-state index >= 15 is 0 Å². The molecule has 0 unspecified atom stereocenters. The summed E-state index contributed by atoms with van der Waals surface area (Å²) in [6.07, 6.45) is 4.09. The number of carbonyl (C=O) groups is 2. The lowest BCUT2D eigenvalue weighted by atomic mass is 10.2. The third kappa shape index (κ3) is 5.93. The summed E-state index contributed by atoms with van der Waals surface area (Å²) in [5.41, 5.74) is 0.597. The van der Waals surface area contributed by atoms with Crippen LogP contribution in [0.3, 0.4) is 0 Å². The van der Waals surface area contributed by atoms with Crippen molar-refractivity contribution in [1.29, 1.82) is 0 Å². The number of rotatable bonds is 8. The number of hydrogen-bond donors (Lipinski definition) is 3. The van der Waals surface area contributed by atoms with Crippen LogP contribution in [-0.4, -0.2) is 50.3 Å². The van der Waals surface area contributed by atoms with Crippen LogP contribution in [0.1, 0.15) is 39.5 Å². The van der Waals surface area contributed by atoms with E-state index in [0.29, 0.717) is 18.8 Å². The molecule has 1 saturated carbocycles. The number of sulfonamides is 1. The van der Waals surface area contributed by atoms with Crippen LogP contribution in [-0.2, 0) is 14.8 Å². The zero-order chi connectivity index (χ0) is 19.9. The number of imide groups is 1. The maximum Gasteiger partial charge on any atom is 0.321 e. The first-order valence-electron chi connectivity index (χ1n) is 9.31. The van der Waals surface area contributed by atoms with Crippen molar-refractivity contribution in [2.75, 3.05) is 25.0 Å². The average Bonchev–Trinajstić information content (AvgIpc) is 3.14. The fourth-order valence-corrected chi connectivity index (χ4v) is 4.56. The molecule has 0 aliphatic heterocycles. The van der Waals surface area contributed by atoms with Crippen molar-refractivity contribution in [3.63, 3.8) is 0 Å². The van der Waals surface area contributed by atoms with E-state index in [0.717, 1.165) is 25.7 Å². The average molecular weight is 397 g/mol. The molecule has 1 aliphatic rings. The second-order valence-electron chi connectivity index (χ2n) is 6.47. The summed E-state index contributed by atoms with van der Waals surface area (Å²) < 4.78 is 26.2. The lowest BCUT2D eigenvalue weighted by Crippen LogP contribution is -2.45. The number of benzene rings is 1. The topological polar surface area (TPSA) is 108 Å². The molecular formula is C18H28N4O4S. The molecule has 1 aromatic rings. The number of urea groups is 1. The third-order valence-corrected chi connectivity index (χ3v) is 6.66. The molecule has 0 bridgehead atoms. The van der Waals surface area contributed by atoms with Crippen molar-refractivity contribution in [3.05, 3.63) is 24.3 Å². The SMILES string of the molecule is CCN(CC)S(=O)(=O)c1ccc(NCC(=O)NC(=O)NC2CCCC2)cc1. The first-order valence-corrected chi connectivity index (χ1v) is 10.7. The van der Waals surface area contributed by atoms with Crippen molar-refractivity contribution in [3.8, 4) is 0 Å². The predicted octanol–water partition coefficient (Wildman–Crippen LogP) is 1.90. The number of carbonyl (C=O) groups excluding carboxylic acids is 2. The van der Waals surface area contributed by atoms with Gasteiger partial charge in [0.05, 0.1) is 11.4 Å². The second-order valence-corrected chi connectivity index (χ2v) is 8.41. The summed E-state index contributed by atoms with van der Waals surface area (Å²) >= 11 is 0. The first kappa shape index (κ1) is 21.2. The standard InChI is InChI=1S/C18H28N4O4S/c1-3-22(4-2)27(25,26)16-11-9-14(10-12-16)19-13-17(23)21-18(24)20-15-7-5-6-8-15/h9-12,15,19H,3-8,13H2,1-2H3,(H2,20,21,23,24). The smallest absolute Gasteiger partial charge is 0.321 e. The Balaban J connectivity index is 1.83. The number of nitrogens with zero attached hydrogens (tertiary/aromatic N) is 1. The lowest BCUT2D eigenvalue weighted by molar-refractivity contribution is -0.118. The van der Waals surface area contributed by atoms with Crippen molar-refractivity contribution in [1.82, 2.24) is 14.9 Å². The Hall–Kier alpha value is -2.13. The monoisotopic (exact) mass is 396 g/mol. The third-order valence-electron chi connectivity index (χ3n) is 4.59. The Labute approximate surface area is 160 Å². The van der Waals surface area contributed by atoms with Crippen molar-refractivity contribution < 1.29 is 18.0 Å². The van der Waals surface area contributed by atoms with E-state index in [-0.39, 0.29) is 17.5 Å². The number of hydrogen-bond acceptors (Lipinski definition) is 5. The lowest BCUT2D eigenvalue weighted by Gasteiger charge is -2.18. The first-order chi connectivity index (χ1) is 12.9. The van der Waals surface area contributed by atoms with Gasteiger partial charge in [0.1, 0.15) is 0 Å². The van der Waals surface area contributed by atoms with Crippen molar-refractivity contribution >= 4 is 27.6 Å². The number of amides is 3. The summed E-state index contributed by atoms with van der Waals surface area (Å²) in [7, 11) is -3.50. The van der Waals surface area contributed by atoms with Gasteiger partial charge in [0, 0.05) is 24.8 Å². The molecule has 3 N–H and O–H groups in total. The number of anilines is 1. The van der Waals surface area contributed by atoms with Gasteiger partial charge in [0.2, 0.25) is 15.9 Å². The van der Waals surface area contributed by atoms with Gasteiger partial charge in [0.15, 0.2) is 0 Å². The van der Waals surface area contributed by atoms with Gasteiger partial charge in [0.25, 0.3) is 0 Å². The molecule has 0 spiro atoms. The fraction of sp³-hybridized carbons (Fsp3) is 0.556. The molecule has 2 rings (SSSR count). The van der Waals surface area contributed by atoms with Crippen molar-refractivity contribution in [2.24, 2.45) is 0 Å². The molecule has 27 heavy (non-hydrogen) atoms. The van der Waals surface area contributed by atoms with Crippen LogP contribution in [0.5, 0.6) is 0 Å². The van der Waals surface area contributed by atoms with E-state index in [9.17, 15) is 18.0 Å². The minimum Gasteiger partial charge on any atom is -0.376 e. The van der Waals surface area contributed by atoms with Crippen LogP contribution < -0.4 is 16.0 Å². The highest BCUT2D eigenvalue weighted by molar-refractivity contribution is 7.89. The molecule has 1 aromatic carbocycles. The Morgan fingerprint density at radius 1 is 1.07 bits per heavy atom. The van der Waals surface area contributed by atoms with E-state index < -0.39 is 22.0 Å². The molecule has 0 aromatic heterocycles. The molecule has 0 heterocycles. The van der Waals surface area contributed by atoms with Crippen LogP contribution in [0.15, 0.2) is 29.2 Å². The second kappa shape index (κ2) is 9.70. The quantitative estimate of drug-likeness (QED) is 0.622. The van der Waals surface area contributed by atoms with Gasteiger partial charge in [-0.1, -0.05) is 26.7 Å². The molecule has 8 nitrogen and oxygen atoms in total. The van der Waals surface area contributed by atoms with Gasteiger partial charge < -0.3 is 10.6 Å². The van der Waals surface area contributed by atoms with Gasteiger partial charge >= 0.3 is 6.03 Å². The van der Waals surface area contributed by atoms with Gasteiger partial charge in [-0.3, -0.25) is 10.1 Å². The Bertz CT molecular complexity index is 739. The largest absolute Gasteiger partial charge is 0.376 e. The highest BCUT2D eigenvalue weighted by Crippen LogP contribution is 2.18. The maximum absolute atomic E-state index is 12.4. The fourth-order valence-electron chi connectivity index (χ4n) is 3.10. The Morgan fingerprint density at radius 2 is 1.67 bits per heavy atom. The van der Waals surface area contributed by atoms with E-state index in [2.05, 4.69) is 16.0 Å². The zero-order valence-corrected chi connectivity index (χ0v) is 16.6. The maximum atomic E-state index is 12.4. The molecule has 1 aliphatic carbocycles. The summed E-state index contributed by atoms with van der Waals surface area (Å²) in [6.45, 7) is 4.31. The van der Waals surface area contributed by atoms with E-state index in [1.807, 2.05) is 0 Å². The predicted molar refractivity (Wildman–Crippen MR) is 104 cm³/mol. The van der Waals surface area contributed by atoms with E-state index in [4.69, 9.17) is 0 Å². The summed E-state index contributed by atoms with van der Waals surface area (Å²) in [5.74, 6) is -0.453. The number of nitrogens with one attached hydrogen (secondary N) is 3. The summed E-state index contributed by atoms with van der Waals surface area (Å²) in [4.78, 5) is 23.8. The van der Waals surface area contributed by atoms with Gasteiger partial charge in [-0.25, -0.2) is 13.2 Å². The highest BCUT2D eigenvalue weighted by Gasteiger charge is 2.21. The summed E-state index contributed by atoms with van der Waals surface area (Å²) in [6, 6.07) is 5.87. The summed E-state index contributed by atoms with van der Waals surface area (Å²) in [5, 5.41) is 7.95. The van der Waals surface area contributed by atoms with E-state index in [1.165, 1.54) is 16.4 Å².